The van der Waals surface area contributed by atoms with E-state index in [1.807, 2.05) is 0 Å². The van der Waals surface area contributed by atoms with Crippen LogP contribution in [0.2, 0.25) is 0 Å². The lowest BCUT2D eigenvalue weighted by atomic mass is 9.97. The van der Waals surface area contributed by atoms with Gasteiger partial charge >= 0.3 is 11.9 Å². The van der Waals surface area contributed by atoms with Crippen molar-refractivity contribution in [2.24, 2.45) is 0 Å². The summed E-state index contributed by atoms with van der Waals surface area (Å²) in [6.45, 7) is 3.27. The van der Waals surface area contributed by atoms with E-state index in [9.17, 15) is 43.6 Å². The highest BCUT2D eigenvalue weighted by molar-refractivity contribution is 7.86. The van der Waals surface area contributed by atoms with Gasteiger partial charge in [-0.25, -0.2) is 4.79 Å². The molecule has 5 rings (SSSR count). The normalized spacial score (nSPS) is 20.9. The summed E-state index contributed by atoms with van der Waals surface area (Å²) >= 11 is 1.10. The number of carbonyl (C=O) groups excluding carboxylic acids is 4. The van der Waals surface area contributed by atoms with Gasteiger partial charge < -0.3 is 19.7 Å². The molecule has 0 saturated carbocycles. The predicted molar refractivity (Wildman–Crippen MR) is 161 cm³/mol. The van der Waals surface area contributed by atoms with Gasteiger partial charge in [0.25, 0.3) is 11.4 Å². The van der Waals surface area contributed by atoms with Gasteiger partial charge in [-0.05, 0) is 52.4 Å². The van der Waals surface area contributed by atoms with Crippen LogP contribution in [0.4, 0.5) is 11.4 Å². The minimum absolute atomic E-state index is 0.139. The van der Waals surface area contributed by atoms with Crippen molar-refractivity contribution in [3.63, 3.8) is 0 Å². The number of benzene rings is 2. The fourth-order valence-electron chi connectivity index (χ4n) is 4.94. The van der Waals surface area contributed by atoms with Crippen LogP contribution in [0.25, 0.3) is 0 Å². The molecule has 0 spiro atoms. The summed E-state index contributed by atoms with van der Waals surface area (Å²) in [5, 5.41) is 24.8. The number of nitrogens with zero attached hydrogens (tertiary/aromatic N) is 3. The topological polar surface area (TPSA) is 205 Å². The zero-order chi connectivity index (χ0) is 33.1. The lowest BCUT2D eigenvalue weighted by Crippen LogP contribution is -2.77. The summed E-state index contributed by atoms with van der Waals surface area (Å²) in [6.07, 6.45) is 0. The molecule has 2 fully saturated rings. The molecule has 3 heterocycles. The van der Waals surface area contributed by atoms with Crippen molar-refractivity contribution in [2.45, 2.75) is 36.6 Å². The average molecular weight is 669 g/mol. The molecule has 2 aliphatic heterocycles. The zero-order valence-corrected chi connectivity index (χ0v) is 25.3. The molecule has 2 aromatic carbocycles. The van der Waals surface area contributed by atoms with E-state index in [4.69, 9.17) is 9.47 Å². The Morgan fingerprint density at radius 1 is 0.978 bits per heavy atom. The third-order valence-electron chi connectivity index (χ3n) is 7.24. The summed E-state index contributed by atoms with van der Waals surface area (Å²) in [5.41, 5.74) is 0.792. The van der Waals surface area contributed by atoms with Gasteiger partial charge in [0.15, 0.2) is 12.0 Å². The van der Waals surface area contributed by atoms with Crippen LogP contribution in [0.5, 0.6) is 0 Å². The second-order valence-electron chi connectivity index (χ2n) is 10.2. The average Bonchev–Trinajstić information content (AvgIpc) is 3.56. The minimum Gasteiger partial charge on any atom is -0.460 e. The molecule has 0 radical (unpaired) electrons. The number of hydrogen-bond donors (Lipinski definition) is 1. The van der Waals surface area contributed by atoms with Crippen molar-refractivity contribution >= 4 is 57.3 Å². The molecule has 17 heteroatoms. The molecule has 238 valence electrons. The number of hydrogen-bond acceptors (Lipinski definition) is 12. The van der Waals surface area contributed by atoms with E-state index in [2.05, 4.69) is 11.9 Å². The molecule has 0 bridgehead atoms. The molecule has 15 nitrogen and oxygen atoms in total. The molecule has 0 aliphatic carbocycles. The van der Waals surface area contributed by atoms with E-state index >= 15 is 0 Å². The molecule has 2 aliphatic rings. The highest BCUT2D eigenvalue weighted by Crippen LogP contribution is 2.35. The number of nitro benzene ring substituents is 2. The first-order valence-corrected chi connectivity index (χ1v) is 15.7. The number of β-lactam (4-membered cyclic amide) rings is 1. The van der Waals surface area contributed by atoms with Gasteiger partial charge in [0, 0.05) is 34.9 Å². The smallest absolute Gasteiger partial charge is 0.333 e. The summed E-state index contributed by atoms with van der Waals surface area (Å²) in [7, 11) is -1.75. The first-order chi connectivity index (χ1) is 22.0. The Morgan fingerprint density at radius 3 is 2.07 bits per heavy atom. The van der Waals surface area contributed by atoms with Gasteiger partial charge in [0.2, 0.25) is 11.8 Å². The highest BCUT2D eigenvalue weighted by Gasteiger charge is 2.59. The molecule has 4 unspecified atom stereocenters. The second kappa shape index (κ2) is 13.4. The molecular weight excluding hydrogens is 644 g/mol. The van der Waals surface area contributed by atoms with Gasteiger partial charge in [-0.2, -0.15) is 0 Å². The number of esters is 2. The molecule has 2 saturated heterocycles. The van der Waals surface area contributed by atoms with Crippen molar-refractivity contribution in [3.8, 4) is 0 Å². The number of carbonyl (C=O) groups is 4. The lowest BCUT2D eigenvalue weighted by Gasteiger charge is -2.52. The van der Waals surface area contributed by atoms with Crippen LogP contribution < -0.4 is 5.32 Å². The summed E-state index contributed by atoms with van der Waals surface area (Å²) in [5.74, 6) is -5.03. The fraction of sp³-hybridized carbons (Fsp3) is 0.241. The van der Waals surface area contributed by atoms with Crippen LogP contribution in [0.15, 0.2) is 78.2 Å². The Labute approximate surface area is 266 Å². The standard InChI is InChI=1S/C29H24N4O11S2/c1-16-15-46(42)27-23(26(35)31(27)24(16)29(37)44-14-18-6-10-20(11-7-18)33(40)41)30-25(34)22(21-3-2-12-45-21)28(36)43-13-17-4-8-19(9-5-17)32(38)39/h2-12,22-24,27H,1,13-15H2,(H,30,34)/t22?,23?,24?,27-,46?/m1/s1. The number of amides is 2. The highest BCUT2D eigenvalue weighted by atomic mass is 32.2. The molecular formula is C29H24N4O11S2. The summed E-state index contributed by atoms with van der Waals surface area (Å²) in [6, 6.07) is 11.2. The Morgan fingerprint density at radius 2 is 1.54 bits per heavy atom. The Balaban J connectivity index is 1.25. The maximum absolute atomic E-state index is 13.4. The Hall–Kier alpha value is -5.29. The van der Waals surface area contributed by atoms with Crippen LogP contribution in [-0.2, 0) is 52.7 Å². The Bertz CT molecular complexity index is 1740. The van der Waals surface area contributed by atoms with Gasteiger partial charge in [-0.15, -0.1) is 11.3 Å². The fourth-order valence-corrected chi connectivity index (χ4v) is 7.41. The third kappa shape index (κ3) is 6.54. The minimum atomic E-state index is -1.75. The lowest BCUT2D eigenvalue weighted by molar-refractivity contribution is -0.385. The van der Waals surface area contributed by atoms with Gasteiger partial charge in [-0.3, -0.25) is 38.8 Å². The number of fused-ring (bicyclic) bond motifs is 1. The molecule has 1 N–H and O–H groups in total. The maximum Gasteiger partial charge on any atom is 0.333 e. The SMILES string of the molecule is C=C1CS(=O)[C@@H]2C(NC(=O)C(C(=O)OCc3ccc([N+](=O)[O-])cc3)c3cccs3)C(=O)N2C1C(=O)OCc1ccc([N+](=O)[O-])cc1. The molecule has 2 amide bonds. The van der Waals surface area contributed by atoms with Crippen molar-refractivity contribution in [2.75, 3.05) is 5.75 Å². The largest absolute Gasteiger partial charge is 0.460 e. The van der Waals surface area contributed by atoms with Gasteiger partial charge in [-0.1, -0.05) is 12.6 Å². The van der Waals surface area contributed by atoms with E-state index in [0.717, 1.165) is 16.2 Å². The summed E-state index contributed by atoms with van der Waals surface area (Å²) < 4.78 is 23.8. The first kappa shape index (κ1) is 32.1. The number of nitrogens with one attached hydrogen (secondary N) is 1. The number of rotatable bonds is 11. The third-order valence-corrected chi connectivity index (χ3v) is 9.88. The molecule has 46 heavy (non-hydrogen) atoms. The monoisotopic (exact) mass is 668 g/mol. The van der Waals surface area contributed by atoms with Crippen LogP contribution in [0.3, 0.4) is 0 Å². The van der Waals surface area contributed by atoms with E-state index in [1.54, 1.807) is 11.4 Å². The van der Waals surface area contributed by atoms with Gasteiger partial charge in [0.1, 0.15) is 24.6 Å². The molecule has 5 atom stereocenters. The van der Waals surface area contributed by atoms with Crippen molar-refractivity contribution in [3.05, 3.63) is 114 Å². The number of thiophene rings is 1. The van der Waals surface area contributed by atoms with Crippen LogP contribution in [-0.4, -0.2) is 65.9 Å². The predicted octanol–water partition coefficient (Wildman–Crippen LogP) is 2.48. The summed E-state index contributed by atoms with van der Waals surface area (Å²) in [4.78, 5) is 74.9. The number of nitro groups is 2. The van der Waals surface area contributed by atoms with Crippen molar-refractivity contribution < 1.29 is 42.7 Å². The zero-order valence-electron chi connectivity index (χ0n) is 23.6. The van der Waals surface area contributed by atoms with Crippen LogP contribution in [0, 0.1) is 20.2 Å². The maximum atomic E-state index is 13.4. The van der Waals surface area contributed by atoms with Crippen LogP contribution >= 0.6 is 11.3 Å². The van der Waals surface area contributed by atoms with E-state index in [-0.39, 0.29) is 35.9 Å². The van der Waals surface area contributed by atoms with E-state index in [0.29, 0.717) is 16.0 Å². The Kier molecular flexibility index (Phi) is 9.33. The first-order valence-electron chi connectivity index (χ1n) is 13.5. The van der Waals surface area contributed by atoms with E-state index in [1.165, 1.54) is 54.6 Å². The van der Waals surface area contributed by atoms with Crippen molar-refractivity contribution in [1.29, 1.82) is 0 Å². The van der Waals surface area contributed by atoms with Crippen LogP contribution in [0.1, 0.15) is 21.9 Å². The van der Waals surface area contributed by atoms with E-state index < -0.39 is 67.8 Å². The quantitative estimate of drug-likeness (QED) is 0.0784. The van der Waals surface area contributed by atoms with Crippen molar-refractivity contribution in [1.82, 2.24) is 10.2 Å². The van der Waals surface area contributed by atoms with Gasteiger partial charge in [0.05, 0.1) is 20.6 Å². The molecule has 3 aromatic rings. The number of ether oxygens (including phenoxy) is 2. The second-order valence-corrected chi connectivity index (χ2v) is 12.7. The molecule has 1 aromatic heterocycles. The number of non-ortho nitro benzene ring substituents is 2.